The van der Waals surface area contributed by atoms with E-state index in [-0.39, 0.29) is 0 Å². The topological polar surface area (TPSA) is 21.3 Å². The summed E-state index contributed by atoms with van der Waals surface area (Å²) in [5.74, 6) is 1.89. The van der Waals surface area contributed by atoms with E-state index in [1.807, 2.05) is 0 Å². The number of nitrogens with one attached hydrogen (secondary N) is 1. The third-order valence-corrected chi connectivity index (χ3v) is 4.07. The van der Waals surface area contributed by atoms with Crippen LogP contribution in [-0.4, -0.2) is 12.6 Å². The van der Waals surface area contributed by atoms with Gasteiger partial charge in [0.05, 0.1) is 6.61 Å². The van der Waals surface area contributed by atoms with Crippen LogP contribution < -0.4 is 10.1 Å². The van der Waals surface area contributed by atoms with Crippen LogP contribution in [0.5, 0.6) is 5.75 Å². The molecule has 1 aromatic rings. The van der Waals surface area contributed by atoms with Gasteiger partial charge in [-0.2, -0.15) is 0 Å². The number of ether oxygens (including phenoxy) is 1. The number of hydrogen-bond donors (Lipinski definition) is 1. The monoisotopic (exact) mass is 245 g/mol. The van der Waals surface area contributed by atoms with Gasteiger partial charge in [-0.15, -0.1) is 0 Å². The van der Waals surface area contributed by atoms with Crippen LogP contribution in [0.3, 0.4) is 0 Å². The largest absolute Gasteiger partial charge is 0.493 e. The fraction of sp³-hybridized carbons (Fsp3) is 0.625. The Hall–Kier alpha value is -1.02. The van der Waals surface area contributed by atoms with Crippen LogP contribution in [0.4, 0.5) is 0 Å². The predicted octanol–water partition coefficient (Wildman–Crippen LogP) is 3.43. The summed E-state index contributed by atoms with van der Waals surface area (Å²) in [7, 11) is 0. The van der Waals surface area contributed by atoms with Crippen molar-refractivity contribution in [2.24, 2.45) is 5.92 Å². The SMILES string of the molecule is Cc1ccc(OCC2CCC2)c(CNC2CC2)c1. The van der Waals surface area contributed by atoms with Gasteiger partial charge in [-0.05, 0) is 44.6 Å². The molecule has 2 aliphatic rings. The van der Waals surface area contributed by atoms with Gasteiger partial charge < -0.3 is 10.1 Å². The van der Waals surface area contributed by atoms with Crippen LogP contribution in [0, 0.1) is 12.8 Å². The minimum Gasteiger partial charge on any atom is -0.493 e. The smallest absolute Gasteiger partial charge is 0.123 e. The third-order valence-electron chi connectivity index (χ3n) is 4.07. The maximum absolute atomic E-state index is 6.01. The van der Waals surface area contributed by atoms with Crippen molar-refractivity contribution in [3.8, 4) is 5.75 Å². The molecule has 0 atom stereocenters. The van der Waals surface area contributed by atoms with Gasteiger partial charge >= 0.3 is 0 Å². The zero-order chi connectivity index (χ0) is 12.4. The lowest BCUT2D eigenvalue weighted by atomic mass is 9.86. The van der Waals surface area contributed by atoms with Gasteiger partial charge in [0.15, 0.2) is 0 Å². The van der Waals surface area contributed by atoms with Gasteiger partial charge in [0, 0.05) is 18.2 Å². The molecular formula is C16H23NO. The van der Waals surface area contributed by atoms with Crippen LogP contribution in [0.25, 0.3) is 0 Å². The highest BCUT2D eigenvalue weighted by Gasteiger charge is 2.21. The van der Waals surface area contributed by atoms with Gasteiger partial charge in [-0.25, -0.2) is 0 Å². The summed E-state index contributed by atoms with van der Waals surface area (Å²) in [6.45, 7) is 4.00. The summed E-state index contributed by atoms with van der Waals surface area (Å²) in [4.78, 5) is 0. The lowest BCUT2D eigenvalue weighted by Gasteiger charge is -2.25. The van der Waals surface area contributed by atoms with E-state index in [9.17, 15) is 0 Å². The Kier molecular flexibility index (Phi) is 3.55. The summed E-state index contributed by atoms with van der Waals surface area (Å²) in [5, 5.41) is 3.58. The minimum absolute atomic E-state index is 0.755. The fourth-order valence-electron chi connectivity index (χ4n) is 2.40. The molecule has 1 N–H and O–H groups in total. The van der Waals surface area contributed by atoms with Gasteiger partial charge in [0.25, 0.3) is 0 Å². The first kappa shape index (κ1) is 12.0. The van der Waals surface area contributed by atoms with Crippen LogP contribution in [0.1, 0.15) is 43.2 Å². The maximum Gasteiger partial charge on any atom is 0.123 e. The Balaban J connectivity index is 1.61. The average Bonchev–Trinajstić information content (AvgIpc) is 3.10. The van der Waals surface area contributed by atoms with Crippen LogP contribution in [-0.2, 0) is 6.54 Å². The predicted molar refractivity (Wildman–Crippen MR) is 73.9 cm³/mol. The Labute approximate surface area is 110 Å². The molecule has 2 aliphatic carbocycles. The molecule has 98 valence electrons. The van der Waals surface area contributed by atoms with E-state index < -0.39 is 0 Å². The van der Waals surface area contributed by atoms with E-state index in [2.05, 4.69) is 30.4 Å². The Bertz CT molecular complexity index is 408. The molecule has 0 aliphatic heterocycles. The molecule has 0 saturated heterocycles. The van der Waals surface area contributed by atoms with E-state index in [0.717, 1.165) is 30.9 Å². The van der Waals surface area contributed by atoms with Gasteiger partial charge in [-0.3, -0.25) is 0 Å². The second-order valence-corrected chi connectivity index (χ2v) is 5.87. The Morgan fingerprint density at radius 2 is 2.06 bits per heavy atom. The molecule has 1 aromatic carbocycles. The van der Waals surface area contributed by atoms with E-state index in [4.69, 9.17) is 4.74 Å². The molecule has 0 bridgehead atoms. The van der Waals surface area contributed by atoms with E-state index in [1.54, 1.807) is 0 Å². The van der Waals surface area contributed by atoms with Gasteiger partial charge in [0.2, 0.25) is 0 Å². The van der Waals surface area contributed by atoms with Crippen molar-refractivity contribution in [1.82, 2.24) is 5.32 Å². The van der Waals surface area contributed by atoms with Crippen molar-refractivity contribution >= 4 is 0 Å². The Morgan fingerprint density at radius 3 is 2.72 bits per heavy atom. The van der Waals surface area contributed by atoms with E-state index in [0.29, 0.717) is 0 Å². The molecule has 18 heavy (non-hydrogen) atoms. The quantitative estimate of drug-likeness (QED) is 0.829. The average molecular weight is 245 g/mol. The summed E-state index contributed by atoms with van der Waals surface area (Å²) >= 11 is 0. The molecule has 0 aromatic heterocycles. The normalized spacial score (nSPS) is 19.6. The highest BCUT2D eigenvalue weighted by Crippen LogP contribution is 2.29. The molecule has 0 heterocycles. The third kappa shape index (κ3) is 3.05. The van der Waals surface area contributed by atoms with Crippen LogP contribution >= 0.6 is 0 Å². The molecular weight excluding hydrogens is 222 g/mol. The number of hydrogen-bond acceptors (Lipinski definition) is 2. The highest BCUT2D eigenvalue weighted by molar-refractivity contribution is 5.37. The second kappa shape index (κ2) is 5.31. The Morgan fingerprint density at radius 1 is 1.22 bits per heavy atom. The summed E-state index contributed by atoms with van der Waals surface area (Å²) in [6, 6.07) is 7.30. The molecule has 2 nitrogen and oxygen atoms in total. The first-order valence-electron chi connectivity index (χ1n) is 7.27. The molecule has 0 spiro atoms. The second-order valence-electron chi connectivity index (χ2n) is 5.87. The molecule has 3 rings (SSSR count). The molecule has 0 radical (unpaired) electrons. The molecule has 0 unspecified atom stereocenters. The van der Waals surface area contributed by atoms with Crippen molar-refractivity contribution in [2.75, 3.05) is 6.61 Å². The van der Waals surface area contributed by atoms with Crippen molar-refractivity contribution in [1.29, 1.82) is 0 Å². The molecule has 0 amide bonds. The zero-order valence-electron chi connectivity index (χ0n) is 11.2. The van der Waals surface area contributed by atoms with E-state index >= 15 is 0 Å². The highest BCUT2D eigenvalue weighted by atomic mass is 16.5. The molecule has 2 heteroatoms. The standard InChI is InChI=1S/C16H23NO/c1-12-5-8-16(18-11-13-3-2-4-13)14(9-12)10-17-15-6-7-15/h5,8-9,13,15,17H,2-4,6-7,10-11H2,1H3. The lowest BCUT2D eigenvalue weighted by molar-refractivity contribution is 0.179. The molecule has 2 fully saturated rings. The van der Waals surface area contributed by atoms with Gasteiger partial charge in [0.1, 0.15) is 5.75 Å². The fourth-order valence-corrected chi connectivity index (χ4v) is 2.40. The lowest BCUT2D eigenvalue weighted by Crippen LogP contribution is -2.21. The van der Waals surface area contributed by atoms with Crippen molar-refractivity contribution in [3.63, 3.8) is 0 Å². The van der Waals surface area contributed by atoms with Crippen LogP contribution in [0.15, 0.2) is 18.2 Å². The van der Waals surface area contributed by atoms with Crippen LogP contribution in [0.2, 0.25) is 0 Å². The minimum atomic E-state index is 0.755. The van der Waals surface area contributed by atoms with Crippen molar-refractivity contribution in [3.05, 3.63) is 29.3 Å². The first-order valence-corrected chi connectivity index (χ1v) is 7.27. The summed E-state index contributed by atoms with van der Waals surface area (Å²) < 4.78 is 6.01. The van der Waals surface area contributed by atoms with Crippen molar-refractivity contribution < 1.29 is 4.74 Å². The van der Waals surface area contributed by atoms with Gasteiger partial charge in [-0.1, -0.05) is 24.1 Å². The van der Waals surface area contributed by atoms with Crippen molar-refractivity contribution in [2.45, 2.75) is 51.6 Å². The molecule has 2 saturated carbocycles. The number of rotatable bonds is 6. The number of benzene rings is 1. The van der Waals surface area contributed by atoms with E-state index in [1.165, 1.54) is 43.2 Å². The summed E-state index contributed by atoms with van der Waals surface area (Å²) in [5.41, 5.74) is 2.64. The number of aryl methyl sites for hydroxylation is 1. The summed E-state index contributed by atoms with van der Waals surface area (Å²) in [6.07, 6.45) is 6.76. The first-order chi connectivity index (χ1) is 8.81. The maximum atomic E-state index is 6.01. The zero-order valence-corrected chi connectivity index (χ0v) is 11.2.